The first-order valence-electron chi connectivity index (χ1n) is 11.0. The summed E-state index contributed by atoms with van der Waals surface area (Å²) in [4.78, 5) is 0.137. The predicted molar refractivity (Wildman–Crippen MR) is 127 cm³/mol. The maximum Gasteiger partial charge on any atom is 0.297 e. The summed E-state index contributed by atoms with van der Waals surface area (Å²) in [7, 11) is -6.07. The van der Waals surface area contributed by atoms with Crippen molar-refractivity contribution in [3.8, 4) is 0 Å². The van der Waals surface area contributed by atoms with Gasteiger partial charge in [-0.15, -0.1) is 0 Å². The highest BCUT2D eigenvalue weighted by molar-refractivity contribution is 7.86. The number of hydrogen-bond donors (Lipinski definition) is 0. The van der Waals surface area contributed by atoms with Gasteiger partial charge >= 0.3 is 0 Å². The van der Waals surface area contributed by atoms with Crippen molar-refractivity contribution >= 4 is 18.4 Å². The van der Waals surface area contributed by atoms with Gasteiger partial charge in [-0.2, -0.15) is 8.42 Å². The van der Waals surface area contributed by atoms with Crippen LogP contribution in [0.4, 0.5) is 0 Å². The second-order valence-electron chi connectivity index (χ2n) is 10.1. The maximum atomic E-state index is 12.7. The van der Waals surface area contributed by atoms with E-state index in [4.69, 9.17) is 18.1 Å². The van der Waals surface area contributed by atoms with Gasteiger partial charge in [0.25, 0.3) is 10.1 Å². The minimum absolute atomic E-state index is 0.0329. The van der Waals surface area contributed by atoms with Crippen molar-refractivity contribution in [3.05, 3.63) is 29.8 Å². The van der Waals surface area contributed by atoms with Gasteiger partial charge in [-0.25, -0.2) is 0 Å². The number of aryl methyl sites for hydroxylation is 1. The fourth-order valence-corrected chi connectivity index (χ4v) is 4.93. The van der Waals surface area contributed by atoms with Crippen molar-refractivity contribution < 1.29 is 26.5 Å². The average molecular weight is 475 g/mol. The number of benzene rings is 1. The van der Waals surface area contributed by atoms with E-state index in [1.54, 1.807) is 24.3 Å². The Hall–Kier alpha value is -0.773. The van der Waals surface area contributed by atoms with E-state index in [2.05, 4.69) is 33.9 Å². The molecule has 0 saturated carbocycles. The van der Waals surface area contributed by atoms with E-state index in [1.807, 2.05) is 34.6 Å². The molecule has 1 rings (SSSR count). The molecule has 180 valence electrons. The van der Waals surface area contributed by atoms with Crippen LogP contribution in [0.2, 0.25) is 18.1 Å². The van der Waals surface area contributed by atoms with Gasteiger partial charge in [0.15, 0.2) is 14.6 Å². The molecule has 0 N–H and O–H groups in total. The van der Waals surface area contributed by atoms with Gasteiger partial charge in [0.1, 0.15) is 0 Å². The Labute approximate surface area is 190 Å². The minimum Gasteiger partial charge on any atom is -0.411 e. The lowest BCUT2D eigenvalue weighted by molar-refractivity contribution is -0.193. The van der Waals surface area contributed by atoms with Gasteiger partial charge in [-0.05, 0) is 64.9 Å². The Balaban J connectivity index is 3.06. The van der Waals surface area contributed by atoms with Crippen molar-refractivity contribution in [1.82, 2.24) is 0 Å². The molecule has 8 heteroatoms. The maximum absolute atomic E-state index is 12.7. The van der Waals surface area contributed by atoms with Gasteiger partial charge in [0.2, 0.25) is 0 Å². The van der Waals surface area contributed by atoms with Gasteiger partial charge < -0.3 is 13.9 Å². The largest absolute Gasteiger partial charge is 0.411 e. The van der Waals surface area contributed by atoms with Gasteiger partial charge in [0.05, 0.1) is 29.8 Å². The summed E-state index contributed by atoms with van der Waals surface area (Å²) in [6, 6.07) is 6.62. The van der Waals surface area contributed by atoms with Crippen LogP contribution in [0.15, 0.2) is 29.2 Å². The van der Waals surface area contributed by atoms with Crippen LogP contribution >= 0.6 is 0 Å². The van der Waals surface area contributed by atoms with Crippen LogP contribution in [-0.2, 0) is 28.2 Å². The molecule has 6 nitrogen and oxygen atoms in total. The Kier molecular flexibility index (Phi) is 10.4. The highest BCUT2D eigenvalue weighted by atomic mass is 32.2. The molecule has 1 atom stereocenters. The van der Waals surface area contributed by atoms with E-state index in [0.29, 0.717) is 6.42 Å². The Bertz CT molecular complexity index is 756. The zero-order valence-corrected chi connectivity index (χ0v) is 22.7. The molecule has 31 heavy (non-hydrogen) atoms. The summed E-state index contributed by atoms with van der Waals surface area (Å²) >= 11 is 0. The van der Waals surface area contributed by atoms with E-state index in [1.165, 1.54) is 0 Å². The normalized spacial score (nSPS) is 14.6. The van der Waals surface area contributed by atoms with Crippen LogP contribution in [-0.4, -0.2) is 47.9 Å². The number of ether oxygens (including phenoxy) is 2. The van der Waals surface area contributed by atoms with Gasteiger partial charge in [0, 0.05) is 6.42 Å². The molecule has 0 aliphatic carbocycles. The van der Waals surface area contributed by atoms with Crippen molar-refractivity contribution in [1.29, 1.82) is 0 Å². The predicted octanol–water partition coefficient (Wildman–Crippen LogP) is 5.66. The molecular weight excluding hydrogens is 432 g/mol. The monoisotopic (exact) mass is 474 g/mol. The van der Waals surface area contributed by atoms with E-state index in [-0.39, 0.29) is 28.7 Å². The first kappa shape index (κ1) is 28.3. The van der Waals surface area contributed by atoms with Crippen LogP contribution in [0.3, 0.4) is 0 Å². The highest BCUT2D eigenvalue weighted by Crippen LogP contribution is 2.38. The summed E-state index contributed by atoms with van der Waals surface area (Å²) in [6.07, 6.45) is -0.681. The molecule has 0 spiro atoms. The molecule has 0 fully saturated rings. The third-order valence-corrected chi connectivity index (χ3v) is 11.1. The first-order valence-corrected chi connectivity index (χ1v) is 15.3. The first-order chi connectivity index (χ1) is 14.0. The second kappa shape index (κ2) is 11.4. The minimum atomic E-state index is -3.89. The fraction of sp³-hybridized carbons (Fsp3) is 0.739. The zero-order chi connectivity index (χ0) is 24.0. The number of hydrogen-bond acceptors (Lipinski definition) is 6. The molecule has 1 aromatic rings. The third kappa shape index (κ3) is 9.71. The van der Waals surface area contributed by atoms with Crippen LogP contribution in [0.25, 0.3) is 0 Å². The molecule has 1 aromatic carbocycles. The lowest BCUT2D eigenvalue weighted by Gasteiger charge is -2.40. The van der Waals surface area contributed by atoms with Crippen molar-refractivity contribution in [2.75, 3.05) is 6.61 Å². The Morgan fingerprint density at radius 3 is 1.84 bits per heavy atom. The Morgan fingerprint density at radius 2 is 1.42 bits per heavy atom. The lowest BCUT2D eigenvalue weighted by atomic mass is 10.2. The van der Waals surface area contributed by atoms with Gasteiger partial charge in [-0.3, -0.25) is 4.18 Å². The summed E-state index contributed by atoms with van der Waals surface area (Å²) in [6.45, 7) is 20.3. The summed E-state index contributed by atoms with van der Waals surface area (Å²) in [5.41, 5.74) is 0.984. The SMILES string of the molecule is Cc1ccc(S(=O)(=O)OC[C@H](CC(OC(C)C)OC(C)C)O[Si](C)(C)C(C)(C)C)cc1. The van der Waals surface area contributed by atoms with Crippen LogP contribution in [0.1, 0.15) is 60.5 Å². The summed E-state index contributed by atoms with van der Waals surface area (Å²) < 4.78 is 49.3. The molecule has 0 aromatic heterocycles. The van der Waals surface area contributed by atoms with E-state index >= 15 is 0 Å². The molecule has 0 unspecified atom stereocenters. The van der Waals surface area contributed by atoms with Crippen molar-refractivity contribution in [3.63, 3.8) is 0 Å². The lowest BCUT2D eigenvalue weighted by Crippen LogP contribution is -2.46. The third-order valence-electron chi connectivity index (χ3n) is 5.29. The molecule has 0 radical (unpaired) electrons. The molecule has 0 bridgehead atoms. The molecular formula is C23H42O6SSi. The summed E-state index contributed by atoms with van der Waals surface area (Å²) in [5.74, 6) is 0. The molecule has 0 amide bonds. The van der Waals surface area contributed by atoms with E-state index < -0.39 is 30.8 Å². The fourth-order valence-electron chi connectivity index (χ4n) is 2.65. The van der Waals surface area contributed by atoms with E-state index in [9.17, 15) is 8.42 Å². The molecule has 0 aliphatic heterocycles. The molecule has 0 heterocycles. The van der Waals surface area contributed by atoms with Gasteiger partial charge in [-0.1, -0.05) is 38.5 Å². The summed E-state index contributed by atoms with van der Waals surface area (Å²) in [5, 5.41) is -0.0333. The molecule has 0 aliphatic rings. The van der Waals surface area contributed by atoms with E-state index in [0.717, 1.165) is 5.56 Å². The van der Waals surface area contributed by atoms with Crippen LogP contribution < -0.4 is 0 Å². The quantitative estimate of drug-likeness (QED) is 0.221. The topological polar surface area (TPSA) is 71.1 Å². The zero-order valence-electron chi connectivity index (χ0n) is 20.9. The van der Waals surface area contributed by atoms with Crippen molar-refractivity contribution in [2.24, 2.45) is 0 Å². The Morgan fingerprint density at radius 1 is 0.935 bits per heavy atom. The standard InChI is InChI=1S/C23H42O6SSi/c1-17(2)27-22(28-18(3)4)15-20(29-31(9,10)23(6,7)8)16-26-30(24,25)21-13-11-19(5)12-14-21/h11-14,17-18,20,22H,15-16H2,1-10H3/t20-/m0/s1. The van der Waals surface area contributed by atoms with Crippen molar-refractivity contribution in [2.45, 2.75) is 109 Å². The second-order valence-corrected chi connectivity index (χ2v) is 16.5. The molecule has 0 saturated heterocycles. The highest BCUT2D eigenvalue weighted by Gasteiger charge is 2.40. The average Bonchev–Trinajstić information content (AvgIpc) is 2.57. The number of rotatable bonds is 12. The van der Waals surface area contributed by atoms with Crippen LogP contribution in [0, 0.1) is 6.92 Å². The smallest absolute Gasteiger partial charge is 0.297 e. The van der Waals surface area contributed by atoms with Crippen LogP contribution in [0.5, 0.6) is 0 Å².